The van der Waals surface area contributed by atoms with E-state index in [2.05, 4.69) is 25.2 Å². The molecule has 4 heterocycles. The third-order valence-corrected chi connectivity index (χ3v) is 5.95. The van der Waals surface area contributed by atoms with Gasteiger partial charge in [-0.15, -0.1) is 10.2 Å². The van der Waals surface area contributed by atoms with E-state index in [1.54, 1.807) is 0 Å². The first-order valence-corrected chi connectivity index (χ1v) is 10.4. The van der Waals surface area contributed by atoms with Gasteiger partial charge >= 0.3 is 6.18 Å². The molecule has 0 spiro atoms. The number of likely N-dealkylation sites (tertiary alicyclic amines) is 1. The number of alkyl halides is 3. The van der Waals surface area contributed by atoms with Gasteiger partial charge in [-0.2, -0.15) is 18.2 Å². The van der Waals surface area contributed by atoms with Crippen molar-refractivity contribution in [2.45, 2.75) is 37.9 Å². The number of halogens is 3. The number of hydrogen-bond acceptors (Lipinski definition) is 6. The molecule has 0 bridgehead atoms. The highest BCUT2D eigenvalue weighted by Gasteiger charge is 2.33. The van der Waals surface area contributed by atoms with E-state index < -0.39 is 11.7 Å². The van der Waals surface area contributed by atoms with Gasteiger partial charge in [0, 0.05) is 24.2 Å². The second-order valence-electron chi connectivity index (χ2n) is 8.03. The molecule has 0 saturated carbocycles. The molecule has 0 radical (unpaired) electrons. The zero-order valence-corrected chi connectivity index (χ0v) is 17.3. The summed E-state index contributed by atoms with van der Waals surface area (Å²) in [5.41, 5.74) is 0.565. The fourth-order valence-corrected chi connectivity index (χ4v) is 4.19. The Hall–Kier alpha value is -3.27. The summed E-state index contributed by atoms with van der Waals surface area (Å²) in [6, 6.07) is 11.8. The fourth-order valence-electron chi connectivity index (χ4n) is 4.19. The van der Waals surface area contributed by atoms with Crippen LogP contribution in [0, 0.1) is 0 Å². The van der Waals surface area contributed by atoms with E-state index in [4.69, 9.17) is 4.52 Å². The van der Waals surface area contributed by atoms with Crippen LogP contribution in [0.15, 0.2) is 53.2 Å². The normalized spacial score (nSPS) is 18.8. The smallest absolute Gasteiger partial charge is 0.337 e. The largest absolute Gasteiger partial charge is 0.417 e. The SMILES string of the molecule is CC(c1nc(-c2ccccc2)no1)N1CCCC(c2nnc3ccc(C(F)(F)F)cn23)C1. The average Bonchev–Trinajstić information content (AvgIpc) is 3.46. The molecule has 166 valence electrons. The number of piperidine rings is 1. The van der Waals surface area contributed by atoms with Gasteiger partial charge < -0.3 is 4.52 Å². The summed E-state index contributed by atoms with van der Waals surface area (Å²) in [7, 11) is 0. The van der Waals surface area contributed by atoms with Crippen molar-refractivity contribution in [2.24, 2.45) is 0 Å². The molecule has 1 aliphatic heterocycles. The van der Waals surface area contributed by atoms with Crippen LogP contribution in [-0.4, -0.2) is 42.7 Å². The zero-order chi connectivity index (χ0) is 22.3. The Morgan fingerprint density at radius 3 is 2.69 bits per heavy atom. The topological polar surface area (TPSA) is 72.3 Å². The molecule has 1 aliphatic rings. The van der Waals surface area contributed by atoms with Gasteiger partial charge in [-0.05, 0) is 38.4 Å². The Morgan fingerprint density at radius 2 is 1.91 bits per heavy atom. The predicted octanol–water partition coefficient (Wildman–Crippen LogP) is 4.74. The Morgan fingerprint density at radius 1 is 1.09 bits per heavy atom. The van der Waals surface area contributed by atoms with Crippen LogP contribution >= 0.6 is 0 Å². The van der Waals surface area contributed by atoms with Crippen molar-refractivity contribution in [3.8, 4) is 11.4 Å². The van der Waals surface area contributed by atoms with Crippen molar-refractivity contribution in [1.82, 2.24) is 29.6 Å². The van der Waals surface area contributed by atoms with Gasteiger partial charge in [0.15, 0.2) is 5.65 Å². The number of pyridine rings is 1. The Bertz CT molecular complexity index is 1220. The summed E-state index contributed by atoms with van der Waals surface area (Å²) < 4.78 is 46.6. The molecule has 1 saturated heterocycles. The maximum atomic E-state index is 13.2. The van der Waals surface area contributed by atoms with E-state index in [9.17, 15) is 13.2 Å². The van der Waals surface area contributed by atoms with Crippen LogP contribution in [0.25, 0.3) is 17.0 Å². The number of aromatic nitrogens is 5. The van der Waals surface area contributed by atoms with Crippen molar-refractivity contribution < 1.29 is 17.7 Å². The number of benzene rings is 1. The summed E-state index contributed by atoms with van der Waals surface area (Å²) in [6.07, 6.45) is -1.64. The van der Waals surface area contributed by atoms with Crippen molar-refractivity contribution >= 4 is 5.65 Å². The molecule has 1 aromatic carbocycles. The number of nitrogens with zero attached hydrogens (tertiary/aromatic N) is 6. The lowest BCUT2D eigenvalue weighted by Crippen LogP contribution is -2.37. The first kappa shape index (κ1) is 20.6. The standard InChI is InChI=1S/C22H21F3N6O/c1-14(21-26-19(29-32-21)15-6-3-2-4-7-15)30-11-5-8-16(12-30)20-28-27-18-10-9-17(13-31(18)20)22(23,24)25/h2-4,6-7,9-10,13-14,16H,5,8,11-12H2,1H3. The highest BCUT2D eigenvalue weighted by Crippen LogP contribution is 2.33. The lowest BCUT2D eigenvalue weighted by atomic mass is 9.96. The van der Waals surface area contributed by atoms with Crippen LogP contribution in [-0.2, 0) is 6.18 Å². The third kappa shape index (κ3) is 3.86. The molecule has 0 amide bonds. The van der Waals surface area contributed by atoms with Crippen molar-refractivity contribution in [2.75, 3.05) is 13.1 Å². The van der Waals surface area contributed by atoms with E-state index in [0.29, 0.717) is 29.7 Å². The number of hydrogen-bond donors (Lipinski definition) is 0. The van der Waals surface area contributed by atoms with Crippen LogP contribution in [0.3, 0.4) is 0 Å². The maximum absolute atomic E-state index is 13.2. The first-order chi connectivity index (χ1) is 15.4. The summed E-state index contributed by atoms with van der Waals surface area (Å²) in [4.78, 5) is 6.75. The van der Waals surface area contributed by atoms with Crippen LogP contribution in [0.5, 0.6) is 0 Å². The van der Waals surface area contributed by atoms with Crippen molar-refractivity contribution in [3.05, 3.63) is 65.9 Å². The quantitative estimate of drug-likeness (QED) is 0.455. The summed E-state index contributed by atoms with van der Waals surface area (Å²) in [5, 5.41) is 12.4. The van der Waals surface area contributed by atoms with Crippen molar-refractivity contribution in [3.63, 3.8) is 0 Å². The second-order valence-corrected chi connectivity index (χ2v) is 8.03. The van der Waals surface area contributed by atoms with Crippen LogP contribution in [0.1, 0.15) is 49.0 Å². The molecule has 5 rings (SSSR count). The van der Waals surface area contributed by atoms with Gasteiger partial charge in [0.05, 0.1) is 11.6 Å². The number of rotatable bonds is 4. The molecule has 1 fully saturated rings. The van der Waals surface area contributed by atoms with E-state index >= 15 is 0 Å². The van der Waals surface area contributed by atoms with Crippen LogP contribution in [0.4, 0.5) is 13.2 Å². The van der Waals surface area contributed by atoms with Crippen molar-refractivity contribution in [1.29, 1.82) is 0 Å². The lowest BCUT2D eigenvalue weighted by molar-refractivity contribution is -0.137. The Labute approximate surface area is 181 Å². The third-order valence-electron chi connectivity index (χ3n) is 5.95. The van der Waals surface area contributed by atoms with Crippen LogP contribution < -0.4 is 0 Å². The zero-order valence-electron chi connectivity index (χ0n) is 17.3. The van der Waals surface area contributed by atoms with E-state index in [0.717, 1.165) is 37.2 Å². The monoisotopic (exact) mass is 442 g/mol. The lowest BCUT2D eigenvalue weighted by Gasteiger charge is -2.34. The maximum Gasteiger partial charge on any atom is 0.417 e. The van der Waals surface area contributed by atoms with E-state index in [-0.39, 0.29) is 12.0 Å². The molecule has 2 atom stereocenters. The highest BCUT2D eigenvalue weighted by molar-refractivity contribution is 5.53. The Balaban J connectivity index is 1.37. The molecule has 2 unspecified atom stereocenters. The molecule has 0 aliphatic carbocycles. The molecular weight excluding hydrogens is 421 g/mol. The second kappa shape index (κ2) is 8.01. The molecule has 4 aromatic rings. The minimum atomic E-state index is -4.42. The fraction of sp³-hybridized carbons (Fsp3) is 0.364. The Kier molecular flexibility index (Phi) is 5.16. The summed E-state index contributed by atoms with van der Waals surface area (Å²) in [5.74, 6) is 1.53. The van der Waals surface area contributed by atoms with Gasteiger partial charge in [0.25, 0.3) is 0 Å². The van der Waals surface area contributed by atoms with Gasteiger partial charge in [0.1, 0.15) is 5.82 Å². The number of fused-ring (bicyclic) bond motifs is 1. The van der Waals surface area contributed by atoms with Gasteiger partial charge in [-0.3, -0.25) is 9.30 Å². The molecular formula is C22H21F3N6O. The highest BCUT2D eigenvalue weighted by atomic mass is 19.4. The minimum absolute atomic E-state index is 0.0544. The van der Waals surface area contributed by atoms with E-state index in [1.165, 1.54) is 10.5 Å². The predicted molar refractivity (Wildman–Crippen MR) is 110 cm³/mol. The molecule has 10 heteroatoms. The molecule has 0 N–H and O–H groups in total. The van der Waals surface area contributed by atoms with Gasteiger partial charge in [-0.1, -0.05) is 35.5 Å². The van der Waals surface area contributed by atoms with Crippen LogP contribution in [0.2, 0.25) is 0 Å². The summed E-state index contributed by atoms with van der Waals surface area (Å²) >= 11 is 0. The van der Waals surface area contributed by atoms with Gasteiger partial charge in [0.2, 0.25) is 11.7 Å². The minimum Gasteiger partial charge on any atom is -0.337 e. The van der Waals surface area contributed by atoms with Gasteiger partial charge in [-0.25, -0.2) is 0 Å². The molecule has 7 nitrogen and oxygen atoms in total. The molecule has 3 aromatic heterocycles. The average molecular weight is 442 g/mol. The molecule has 32 heavy (non-hydrogen) atoms. The summed E-state index contributed by atoms with van der Waals surface area (Å²) in [6.45, 7) is 3.43. The van der Waals surface area contributed by atoms with E-state index in [1.807, 2.05) is 37.3 Å². The first-order valence-electron chi connectivity index (χ1n) is 10.4.